The molecule has 2 aromatic rings. The summed E-state index contributed by atoms with van der Waals surface area (Å²) in [5.41, 5.74) is 3.75. The van der Waals surface area contributed by atoms with Crippen LogP contribution in [-0.4, -0.2) is 13.1 Å². The summed E-state index contributed by atoms with van der Waals surface area (Å²) in [4.78, 5) is 2.25. The van der Waals surface area contributed by atoms with Gasteiger partial charge in [0.1, 0.15) is 0 Å². The molecule has 2 nitrogen and oxygen atoms in total. The summed E-state index contributed by atoms with van der Waals surface area (Å²) in [6, 6.07) is 8.73. The second-order valence-electron chi connectivity index (χ2n) is 5.42. The van der Waals surface area contributed by atoms with Crippen LogP contribution in [0.15, 0.2) is 33.4 Å². The van der Waals surface area contributed by atoms with E-state index in [9.17, 15) is 0 Å². The van der Waals surface area contributed by atoms with Crippen LogP contribution in [0.1, 0.15) is 25.0 Å². The number of thiophene rings is 1. The standard InChI is InChI=1S/C16H20BrClN2S/c1-11(2)19-8-13-4-5-14(18)7-15(13)20(3)9-12-6-16(17)21-10-12/h4-7,10-11,19H,8-9H2,1-3H3. The fraction of sp³-hybridized carbons (Fsp3) is 0.375. The Morgan fingerprint density at radius 2 is 2.10 bits per heavy atom. The van der Waals surface area contributed by atoms with Gasteiger partial charge in [-0.2, -0.15) is 0 Å². The van der Waals surface area contributed by atoms with Crippen LogP contribution in [0.2, 0.25) is 5.02 Å². The van der Waals surface area contributed by atoms with Crippen molar-refractivity contribution in [2.24, 2.45) is 0 Å². The van der Waals surface area contributed by atoms with Crippen molar-refractivity contribution in [2.75, 3.05) is 11.9 Å². The summed E-state index contributed by atoms with van der Waals surface area (Å²) in [5.74, 6) is 0. The third-order valence-corrected chi connectivity index (χ3v) is 4.99. The molecule has 1 aromatic carbocycles. The average Bonchev–Trinajstić information content (AvgIpc) is 2.82. The van der Waals surface area contributed by atoms with Gasteiger partial charge in [-0.05, 0) is 50.6 Å². The maximum absolute atomic E-state index is 6.18. The number of nitrogens with zero attached hydrogens (tertiary/aromatic N) is 1. The topological polar surface area (TPSA) is 15.3 Å². The van der Waals surface area contributed by atoms with Crippen LogP contribution in [0.25, 0.3) is 0 Å². The quantitative estimate of drug-likeness (QED) is 0.723. The molecule has 0 aliphatic heterocycles. The average molecular weight is 388 g/mol. The minimum Gasteiger partial charge on any atom is -0.370 e. The highest BCUT2D eigenvalue weighted by molar-refractivity contribution is 9.11. The van der Waals surface area contributed by atoms with Gasteiger partial charge >= 0.3 is 0 Å². The zero-order chi connectivity index (χ0) is 15.4. The molecule has 0 fully saturated rings. The monoisotopic (exact) mass is 386 g/mol. The summed E-state index contributed by atoms with van der Waals surface area (Å²) in [6.45, 7) is 6.03. The van der Waals surface area contributed by atoms with Gasteiger partial charge < -0.3 is 10.2 Å². The van der Waals surface area contributed by atoms with Gasteiger partial charge in [0, 0.05) is 36.9 Å². The fourth-order valence-corrected chi connectivity index (χ4v) is 3.51. The van der Waals surface area contributed by atoms with Crippen molar-refractivity contribution in [3.63, 3.8) is 0 Å². The third kappa shape index (κ3) is 4.99. The van der Waals surface area contributed by atoms with Crippen molar-refractivity contribution in [1.29, 1.82) is 0 Å². The Hall–Kier alpha value is -0.550. The van der Waals surface area contributed by atoms with Crippen molar-refractivity contribution >= 4 is 44.6 Å². The first kappa shape index (κ1) is 16.8. The Morgan fingerprint density at radius 3 is 2.71 bits per heavy atom. The van der Waals surface area contributed by atoms with Gasteiger partial charge in [-0.15, -0.1) is 11.3 Å². The summed E-state index contributed by atoms with van der Waals surface area (Å²) >= 11 is 11.4. The van der Waals surface area contributed by atoms with E-state index in [1.165, 1.54) is 20.6 Å². The molecule has 0 saturated carbocycles. The molecule has 0 unspecified atom stereocenters. The van der Waals surface area contributed by atoms with Gasteiger partial charge in [-0.25, -0.2) is 0 Å². The van der Waals surface area contributed by atoms with Gasteiger partial charge in [-0.3, -0.25) is 0 Å². The summed E-state index contributed by atoms with van der Waals surface area (Å²) < 4.78 is 1.17. The maximum Gasteiger partial charge on any atom is 0.0701 e. The highest BCUT2D eigenvalue weighted by atomic mass is 79.9. The molecule has 0 bridgehead atoms. The lowest BCUT2D eigenvalue weighted by atomic mass is 10.1. The highest BCUT2D eigenvalue weighted by Crippen LogP contribution is 2.27. The van der Waals surface area contributed by atoms with E-state index >= 15 is 0 Å². The molecule has 0 aliphatic rings. The Balaban J connectivity index is 2.17. The Labute approximate surface area is 144 Å². The number of benzene rings is 1. The van der Waals surface area contributed by atoms with Gasteiger partial charge in [0.15, 0.2) is 0 Å². The van der Waals surface area contributed by atoms with E-state index in [0.717, 1.165) is 18.1 Å². The van der Waals surface area contributed by atoms with Crippen LogP contribution in [0.4, 0.5) is 5.69 Å². The fourth-order valence-electron chi connectivity index (χ4n) is 2.14. The summed E-state index contributed by atoms with van der Waals surface area (Å²) in [7, 11) is 2.11. The van der Waals surface area contributed by atoms with Crippen LogP contribution in [-0.2, 0) is 13.1 Å². The second kappa shape index (κ2) is 7.63. The maximum atomic E-state index is 6.18. The first-order chi connectivity index (χ1) is 9.95. The smallest absolute Gasteiger partial charge is 0.0701 e. The predicted octanol–water partition coefficient (Wildman–Crippen LogP) is 5.30. The molecule has 2 rings (SSSR count). The van der Waals surface area contributed by atoms with Crippen molar-refractivity contribution in [3.05, 3.63) is 49.6 Å². The third-order valence-electron chi connectivity index (χ3n) is 3.20. The van der Waals surface area contributed by atoms with E-state index in [-0.39, 0.29) is 0 Å². The van der Waals surface area contributed by atoms with E-state index < -0.39 is 0 Å². The van der Waals surface area contributed by atoms with E-state index in [1.807, 2.05) is 12.1 Å². The first-order valence-electron chi connectivity index (χ1n) is 6.91. The largest absolute Gasteiger partial charge is 0.370 e. The van der Waals surface area contributed by atoms with Crippen molar-refractivity contribution < 1.29 is 0 Å². The molecular weight excluding hydrogens is 368 g/mol. The second-order valence-corrected chi connectivity index (χ2v) is 8.15. The SMILES string of the molecule is CC(C)NCc1ccc(Cl)cc1N(C)Cc1csc(Br)c1. The molecular formula is C16H20BrClN2S. The van der Waals surface area contributed by atoms with Crippen LogP contribution in [0.5, 0.6) is 0 Å². The normalized spacial score (nSPS) is 11.1. The molecule has 114 valence electrons. The Kier molecular flexibility index (Phi) is 6.11. The lowest BCUT2D eigenvalue weighted by Crippen LogP contribution is -2.24. The molecule has 0 atom stereocenters. The molecule has 0 aliphatic carbocycles. The molecule has 21 heavy (non-hydrogen) atoms. The number of halogens is 2. The first-order valence-corrected chi connectivity index (χ1v) is 8.96. The minimum atomic E-state index is 0.465. The Morgan fingerprint density at radius 1 is 1.33 bits per heavy atom. The number of anilines is 1. The van der Waals surface area contributed by atoms with E-state index in [1.54, 1.807) is 11.3 Å². The molecule has 1 heterocycles. The molecule has 5 heteroatoms. The van der Waals surface area contributed by atoms with Gasteiger partial charge in [-0.1, -0.05) is 31.5 Å². The molecule has 1 aromatic heterocycles. The number of nitrogens with one attached hydrogen (secondary N) is 1. The zero-order valence-electron chi connectivity index (χ0n) is 12.5. The van der Waals surface area contributed by atoms with Gasteiger partial charge in [0.05, 0.1) is 3.79 Å². The molecule has 0 spiro atoms. The zero-order valence-corrected chi connectivity index (χ0v) is 15.6. The predicted molar refractivity (Wildman–Crippen MR) is 97.6 cm³/mol. The molecule has 0 amide bonds. The molecule has 1 N–H and O–H groups in total. The lowest BCUT2D eigenvalue weighted by molar-refractivity contribution is 0.588. The lowest BCUT2D eigenvalue weighted by Gasteiger charge is -2.23. The summed E-state index contributed by atoms with van der Waals surface area (Å²) in [6.07, 6.45) is 0. The van der Waals surface area contributed by atoms with E-state index in [0.29, 0.717) is 6.04 Å². The molecule has 0 saturated heterocycles. The minimum absolute atomic E-state index is 0.465. The van der Waals surface area contributed by atoms with Crippen LogP contribution >= 0.6 is 38.9 Å². The molecule has 0 radical (unpaired) electrons. The van der Waals surface area contributed by atoms with Crippen LogP contribution < -0.4 is 10.2 Å². The van der Waals surface area contributed by atoms with Gasteiger partial charge in [0.2, 0.25) is 0 Å². The van der Waals surface area contributed by atoms with Crippen LogP contribution in [0, 0.1) is 0 Å². The summed E-state index contributed by atoms with van der Waals surface area (Å²) in [5, 5.41) is 6.42. The van der Waals surface area contributed by atoms with Crippen LogP contribution in [0.3, 0.4) is 0 Å². The number of hydrogen-bond donors (Lipinski definition) is 1. The van der Waals surface area contributed by atoms with E-state index in [2.05, 4.69) is 64.6 Å². The van der Waals surface area contributed by atoms with Gasteiger partial charge in [0.25, 0.3) is 0 Å². The van der Waals surface area contributed by atoms with E-state index in [4.69, 9.17) is 11.6 Å². The Bertz CT molecular complexity index is 598. The highest BCUT2D eigenvalue weighted by Gasteiger charge is 2.10. The van der Waals surface area contributed by atoms with Crippen molar-refractivity contribution in [1.82, 2.24) is 5.32 Å². The number of rotatable bonds is 6. The van der Waals surface area contributed by atoms with Crippen molar-refractivity contribution in [3.8, 4) is 0 Å². The number of hydrogen-bond acceptors (Lipinski definition) is 3. The van der Waals surface area contributed by atoms with Crippen molar-refractivity contribution in [2.45, 2.75) is 33.0 Å².